The first-order valence-electron chi connectivity index (χ1n) is 11.1. The minimum absolute atomic E-state index is 0.0303. The Morgan fingerprint density at radius 2 is 2.00 bits per heavy atom. The molecule has 14 heteroatoms. The molecule has 0 spiro atoms. The van der Waals surface area contributed by atoms with Gasteiger partial charge in [0.2, 0.25) is 5.91 Å². The molecule has 1 aromatic carbocycles. The first-order valence-corrected chi connectivity index (χ1v) is 15.6. The Morgan fingerprint density at radius 1 is 1.22 bits per heavy atom. The lowest BCUT2D eigenvalue weighted by Gasteiger charge is -2.23. The lowest BCUT2D eigenvalue weighted by atomic mass is 10.0. The predicted molar refractivity (Wildman–Crippen MR) is 137 cm³/mol. The predicted octanol–water partition coefficient (Wildman–Crippen LogP) is 3.85. The topological polar surface area (TPSA) is 163 Å². The van der Waals surface area contributed by atoms with Gasteiger partial charge in [-0.05, 0) is 36.8 Å². The number of fused-ring (bicyclic) bond motifs is 1. The molecule has 0 bridgehead atoms. The maximum Gasteiger partial charge on any atom is 0.330 e. The highest BCUT2D eigenvalue weighted by molar-refractivity contribution is 7.90. The van der Waals surface area contributed by atoms with Gasteiger partial charge in [-0.3, -0.25) is 9.36 Å². The van der Waals surface area contributed by atoms with Crippen LogP contribution in [0.15, 0.2) is 47.8 Å². The third-order valence-corrected chi connectivity index (χ3v) is 9.06. The van der Waals surface area contributed by atoms with E-state index in [-0.39, 0.29) is 23.1 Å². The molecule has 1 atom stereocenters. The van der Waals surface area contributed by atoms with E-state index >= 15 is 0 Å². The van der Waals surface area contributed by atoms with Crippen molar-refractivity contribution in [3.63, 3.8) is 0 Å². The molecule has 3 N–H and O–H groups in total. The third-order valence-electron chi connectivity index (χ3n) is 6.07. The molecule has 1 amide bonds. The Labute approximate surface area is 216 Å². The molecule has 1 saturated heterocycles. The summed E-state index contributed by atoms with van der Waals surface area (Å²) in [6, 6.07) is 8.30. The molecular formula is C23H23N4O7PS2. The molecule has 4 heterocycles. The number of amides is 1. The number of hydrogen-bond donors (Lipinski definition) is 3. The van der Waals surface area contributed by atoms with Crippen LogP contribution in [0.4, 0.5) is 0 Å². The summed E-state index contributed by atoms with van der Waals surface area (Å²) < 4.78 is 41.0. The summed E-state index contributed by atoms with van der Waals surface area (Å²) in [5.74, 6) is 0.875. The second-order valence-electron chi connectivity index (χ2n) is 8.88. The number of ether oxygens (including phenoxy) is 1. The van der Waals surface area contributed by atoms with Crippen molar-refractivity contribution in [3.8, 4) is 22.2 Å². The number of aromatic amines is 1. The smallest absolute Gasteiger partial charge is 0.330 e. The maximum atomic E-state index is 12.3. The minimum Gasteiger partial charge on any atom is -0.455 e. The number of nitrogens with one attached hydrogen (secondary N) is 1. The number of nitrogens with zero attached hydrogens (tertiary/aromatic N) is 3. The van der Waals surface area contributed by atoms with Gasteiger partial charge < -0.3 is 24.4 Å². The van der Waals surface area contributed by atoms with Crippen molar-refractivity contribution in [3.05, 3.63) is 53.2 Å². The Morgan fingerprint density at radius 3 is 2.62 bits per heavy atom. The monoisotopic (exact) mass is 562 g/mol. The van der Waals surface area contributed by atoms with E-state index in [4.69, 9.17) is 4.74 Å². The van der Waals surface area contributed by atoms with Crippen LogP contribution >= 0.6 is 18.9 Å². The standard InChI is InChI=1S/C23H23N4O7PS2/c1-27-19(4-6-22(27)28)16-9-17-13(7-18(26-17)23-25-11-15(36-23)12-35(29,30)31)8-20(16)34-14-3-5-21(24-10-14)37(2,32)33/h3,5,7-11,19,26H,4,6,12H2,1-2H3,(H2,29,30,31). The number of pyridine rings is 1. The second-order valence-corrected chi connectivity index (χ2v) is 13.6. The molecule has 0 radical (unpaired) electrons. The van der Waals surface area contributed by atoms with Gasteiger partial charge in [-0.1, -0.05) is 0 Å². The molecular weight excluding hydrogens is 539 g/mol. The molecule has 0 aliphatic carbocycles. The van der Waals surface area contributed by atoms with Gasteiger partial charge >= 0.3 is 7.60 Å². The van der Waals surface area contributed by atoms with Gasteiger partial charge in [0.15, 0.2) is 14.9 Å². The van der Waals surface area contributed by atoms with Crippen molar-refractivity contribution >= 4 is 45.6 Å². The van der Waals surface area contributed by atoms with Gasteiger partial charge in [0.25, 0.3) is 0 Å². The van der Waals surface area contributed by atoms with Gasteiger partial charge in [0, 0.05) is 47.3 Å². The van der Waals surface area contributed by atoms with Crippen LogP contribution in [0.2, 0.25) is 0 Å². The number of rotatable bonds is 7. The summed E-state index contributed by atoms with van der Waals surface area (Å²) >= 11 is 1.19. The molecule has 4 aromatic rings. The number of hydrogen-bond acceptors (Lipinski definition) is 8. The van der Waals surface area contributed by atoms with Crippen molar-refractivity contribution < 1.29 is 32.3 Å². The maximum absolute atomic E-state index is 12.3. The first-order chi connectivity index (χ1) is 17.4. The summed E-state index contributed by atoms with van der Waals surface area (Å²) in [4.78, 5) is 44.5. The Bertz CT molecular complexity index is 1660. The van der Waals surface area contributed by atoms with Gasteiger partial charge in [-0.25, -0.2) is 18.4 Å². The van der Waals surface area contributed by atoms with E-state index in [9.17, 15) is 27.6 Å². The molecule has 5 rings (SSSR count). The molecule has 11 nitrogen and oxygen atoms in total. The first kappa shape index (κ1) is 25.6. The van der Waals surface area contributed by atoms with E-state index in [0.717, 1.165) is 22.7 Å². The number of H-pyrrole nitrogens is 1. The fraction of sp³-hybridized carbons (Fsp3) is 0.261. The molecule has 1 unspecified atom stereocenters. The van der Waals surface area contributed by atoms with Crippen LogP contribution in [0.25, 0.3) is 21.6 Å². The van der Waals surface area contributed by atoms with Crippen LogP contribution in [0.3, 0.4) is 0 Å². The van der Waals surface area contributed by atoms with Crippen molar-refractivity contribution in [1.82, 2.24) is 19.9 Å². The average molecular weight is 563 g/mol. The molecule has 37 heavy (non-hydrogen) atoms. The van der Waals surface area contributed by atoms with Crippen LogP contribution in [0, 0.1) is 0 Å². The van der Waals surface area contributed by atoms with Gasteiger partial charge in [0.1, 0.15) is 16.5 Å². The summed E-state index contributed by atoms with van der Waals surface area (Å²) in [7, 11) is -5.91. The summed E-state index contributed by atoms with van der Waals surface area (Å²) in [6.45, 7) is 0. The zero-order chi connectivity index (χ0) is 26.5. The van der Waals surface area contributed by atoms with E-state index in [1.54, 1.807) is 11.9 Å². The van der Waals surface area contributed by atoms with Gasteiger partial charge in [-0.2, -0.15) is 0 Å². The number of thiazole rings is 1. The molecule has 3 aromatic heterocycles. The average Bonchev–Trinajstić information content (AvgIpc) is 3.51. The van der Waals surface area contributed by atoms with E-state index < -0.39 is 17.4 Å². The molecule has 0 saturated carbocycles. The Balaban J connectivity index is 1.54. The fourth-order valence-corrected chi connectivity index (χ4v) is 6.78. The van der Waals surface area contributed by atoms with Crippen molar-refractivity contribution in [2.24, 2.45) is 0 Å². The van der Waals surface area contributed by atoms with E-state index in [0.29, 0.717) is 39.9 Å². The summed E-state index contributed by atoms with van der Waals surface area (Å²) in [6.07, 6.45) is 4.54. The largest absolute Gasteiger partial charge is 0.455 e. The Kier molecular flexibility index (Phi) is 6.45. The number of aromatic nitrogens is 3. The zero-order valence-corrected chi connectivity index (χ0v) is 22.3. The van der Waals surface area contributed by atoms with Crippen molar-refractivity contribution in [1.29, 1.82) is 0 Å². The van der Waals surface area contributed by atoms with Crippen LogP contribution in [-0.4, -0.2) is 57.3 Å². The third kappa shape index (κ3) is 5.46. The van der Waals surface area contributed by atoms with Crippen LogP contribution in [0.1, 0.15) is 29.3 Å². The van der Waals surface area contributed by atoms with E-state index in [1.807, 2.05) is 18.2 Å². The summed E-state index contributed by atoms with van der Waals surface area (Å²) in [5.41, 5.74) is 2.24. The van der Waals surface area contributed by atoms with Crippen molar-refractivity contribution in [2.75, 3.05) is 13.3 Å². The number of carbonyl (C=O) groups is 1. The number of carbonyl (C=O) groups excluding carboxylic acids is 1. The SMILES string of the molecule is CN1C(=O)CCC1c1cc2[nH]c(-c3ncc(CP(=O)(O)O)s3)cc2cc1Oc1ccc(S(C)(=O)=O)nc1. The summed E-state index contributed by atoms with van der Waals surface area (Å²) in [5, 5.41) is 1.32. The Hall–Kier alpha value is -3.09. The highest BCUT2D eigenvalue weighted by Gasteiger charge is 2.32. The molecule has 194 valence electrons. The van der Waals surface area contributed by atoms with Crippen LogP contribution in [0.5, 0.6) is 11.5 Å². The van der Waals surface area contributed by atoms with Gasteiger partial charge in [0.05, 0.1) is 24.1 Å². The van der Waals surface area contributed by atoms with E-state index in [1.165, 1.54) is 35.9 Å². The van der Waals surface area contributed by atoms with E-state index in [2.05, 4.69) is 15.0 Å². The van der Waals surface area contributed by atoms with Crippen LogP contribution < -0.4 is 4.74 Å². The molecule has 1 aliphatic heterocycles. The quantitative estimate of drug-likeness (QED) is 0.284. The molecule has 1 fully saturated rings. The van der Waals surface area contributed by atoms with Gasteiger partial charge in [-0.15, -0.1) is 11.3 Å². The lowest BCUT2D eigenvalue weighted by Crippen LogP contribution is -2.22. The molecule has 1 aliphatic rings. The fourth-order valence-electron chi connectivity index (χ4n) is 4.29. The van der Waals surface area contributed by atoms with Crippen molar-refractivity contribution in [2.45, 2.75) is 30.1 Å². The minimum atomic E-state index is -4.20. The zero-order valence-electron chi connectivity index (χ0n) is 19.8. The lowest BCUT2D eigenvalue weighted by molar-refractivity contribution is -0.127. The number of sulfone groups is 1. The van der Waals surface area contributed by atoms with Crippen LogP contribution in [-0.2, 0) is 25.4 Å². The highest BCUT2D eigenvalue weighted by Crippen LogP contribution is 2.43. The normalized spacial score (nSPS) is 16.6. The second kappa shape index (κ2) is 9.34. The highest BCUT2D eigenvalue weighted by atomic mass is 32.2. The number of likely N-dealkylation sites (tertiary alicyclic amines) is 1. The number of benzene rings is 1.